The molecule has 0 aliphatic carbocycles. The molecule has 0 N–H and O–H groups in total. The van der Waals surface area contributed by atoms with Crippen LogP contribution in [0.5, 0.6) is 11.5 Å². The lowest BCUT2D eigenvalue weighted by Crippen LogP contribution is -2.27. The summed E-state index contributed by atoms with van der Waals surface area (Å²) in [5.41, 5.74) is 1.51. The Labute approximate surface area is 192 Å². The Hall–Kier alpha value is -2.78. The van der Waals surface area contributed by atoms with Gasteiger partial charge in [0.05, 0.1) is 25.2 Å². The van der Waals surface area contributed by atoms with E-state index in [1.165, 1.54) is 12.0 Å². The van der Waals surface area contributed by atoms with Gasteiger partial charge in [-0.2, -0.15) is 0 Å². The van der Waals surface area contributed by atoms with Gasteiger partial charge in [0.25, 0.3) is 11.1 Å². The van der Waals surface area contributed by atoms with Crippen molar-refractivity contribution in [1.82, 2.24) is 4.90 Å². The average Bonchev–Trinajstić information content (AvgIpc) is 3.02. The van der Waals surface area contributed by atoms with Gasteiger partial charge in [-0.25, -0.2) is 4.79 Å². The van der Waals surface area contributed by atoms with Crippen LogP contribution in [0.4, 0.5) is 4.79 Å². The molecule has 3 rings (SSSR count). The first kappa shape index (κ1) is 22.9. The quantitative estimate of drug-likeness (QED) is 0.381. The molecule has 1 aliphatic heterocycles. The Kier molecular flexibility index (Phi) is 7.75. The monoisotopic (exact) mass is 505 g/mol. The predicted molar refractivity (Wildman–Crippen MR) is 121 cm³/mol. The van der Waals surface area contributed by atoms with E-state index < -0.39 is 5.97 Å². The van der Waals surface area contributed by atoms with E-state index in [2.05, 4.69) is 20.7 Å². The number of hydrogen-bond acceptors (Lipinski definition) is 7. The molecule has 7 nitrogen and oxygen atoms in total. The van der Waals surface area contributed by atoms with E-state index in [0.717, 1.165) is 21.8 Å². The molecule has 162 valence electrons. The van der Waals surface area contributed by atoms with Gasteiger partial charge in [-0.1, -0.05) is 40.2 Å². The Bertz CT molecular complexity index is 1040. The number of ether oxygens (including phenoxy) is 3. The summed E-state index contributed by atoms with van der Waals surface area (Å²) in [6.45, 7) is 2.15. The van der Waals surface area contributed by atoms with Crippen LogP contribution in [0, 0.1) is 0 Å². The highest BCUT2D eigenvalue weighted by molar-refractivity contribution is 9.10. The van der Waals surface area contributed by atoms with Crippen molar-refractivity contribution in [2.24, 2.45) is 0 Å². The molecule has 0 radical (unpaired) electrons. The third kappa shape index (κ3) is 5.68. The number of halogens is 1. The van der Waals surface area contributed by atoms with Crippen LogP contribution in [-0.2, 0) is 20.9 Å². The van der Waals surface area contributed by atoms with Gasteiger partial charge in [-0.15, -0.1) is 0 Å². The van der Waals surface area contributed by atoms with Crippen molar-refractivity contribution in [3.8, 4) is 11.5 Å². The molecule has 0 bridgehead atoms. The van der Waals surface area contributed by atoms with Gasteiger partial charge in [0, 0.05) is 4.47 Å². The van der Waals surface area contributed by atoms with Crippen molar-refractivity contribution in [2.75, 3.05) is 20.3 Å². The fourth-order valence-electron chi connectivity index (χ4n) is 2.78. The second-order valence-corrected chi connectivity index (χ2v) is 8.21. The number of benzene rings is 2. The number of esters is 1. The first-order valence-electron chi connectivity index (χ1n) is 9.38. The molecule has 0 spiro atoms. The van der Waals surface area contributed by atoms with Crippen LogP contribution in [0.1, 0.15) is 18.1 Å². The molecule has 0 saturated carbocycles. The number of imide groups is 1. The molecule has 0 aromatic heterocycles. The fraction of sp³-hybridized carbons (Fsp3) is 0.227. The first-order valence-corrected chi connectivity index (χ1v) is 11.0. The van der Waals surface area contributed by atoms with Crippen molar-refractivity contribution in [1.29, 1.82) is 0 Å². The molecule has 2 aromatic rings. The second-order valence-electron chi connectivity index (χ2n) is 6.36. The molecule has 1 aliphatic rings. The maximum atomic E-state index is 12.8. The van der Waals surface area contributed by atoms with E-state index in [1.807, 2.05) is 31.2 Å². The lowest BCUT2D eigenvalue weighted by atomic mass is 10.1. The molecule has 9 heteroatoms. The van der Waals surface area contributed by atoms with Crippen LogP contribution in [0.3, 0.4) is 0 Å². The van der Waals surface area contributed by atoms with E-state index in [0.29, 0.717) is 28.6 Å². The van der Waals surface area contributed by atoms with Crippen LogP contribution >= 0.6 is 27.7 Å². The molecule has 1 fully saturated rings. The van der Waals surface area contributed by atoms with E-state index in [1.54, 1.807) is 24.3 Å². The van der Waals surface area contributed by atoms with Crippen LogP contribution < -0.4 is 9.47 Å². The van der Waals surface area contributed by atoms with E-state index in [-0.39, 0.29) is 24.3 Å². The highest BCUT2D eigenvalue weighted by atomic mass is 79.9. The van der Waals surface area contributed by atoms with Gasteiger partial charge in [0.1, 0.15) is 0 Å². The molecule has 2 amide bonds. The van der Waals surface area contributed by atoms with Gasteiger partial charge in [-0.05, 0) is 54.1 Å². The number of rotatable bonds is 8. The lowest BCUT2D eigenvalue weighted by molar-refractivity contribution is -0.142. The van der Waals surface area contributed by atoms with Crippen LogP contribution in [0.2, 0.25) is 0 Å². The summed E-state index contributed by atoms with van der Waals surface area (Å²) in [7, 11) is 1.28. The Balaban J connectivity index is 1.79. The number of methoxy groups -OCH3 is 1. The Morgan fingerprint density at radius 3 is 2.61 bits per heavy atom. The Morgan fingerprint density at radius 1 is 1.13 bits per heavy atom. The number of amides is 2. The zero-order valence-electron chi connectivity index (χ0n) is 16.9. The maximum Gasteiger partial charge on any atom is 0.343 e. The summed E-state index contributed by atoms with van der Waals surface area (Å²) in [6, 6.07) is 12.5. The maximum absolute atomic E-state index is 12.8. The summed E-state index contributed by atoms with van der Waals surface area (Å²) in [5.74, 6) is -0.0565. The van der Waals surface area contributed by atoms with E-state index in [4.69, 9.17) is 9.47 Å². The van der Waals surface area contributed by atoms with E-state index >= 15 is 0 Å². The predicted octanol–water partition coefficient (Wildman–Crippen LogP) is 4.64. The summed E-state index contributed by atoms with van der Waals surface area (Å²) in [4.78, 5) is 38.1. The van der Waals surface area contributed by atoms with Crippen molar-refractivity contribution in [3.63, 3.8) is 0 Å². The molecular formula is C22H20BrNO6S. The topological polar surface area (TPSA) is 82.1 Å². The molecule has 2 aromatic carbocycles. The number of carbonyl (C=O) groups is 3. The largest absolute Gasteiger partial charge is 0.490 e. The summed E-state index contributed by atoms with van der Waals surface area (Å²) >= 11 is 4.33. The van der Waals surface area contributed by atoms with Crippen molar-refractivity contribution >= 4 is 50.9 Å². The fourth-order valence-corrected chi connectivity index (χ4v) is 4.03. The zero-order chi connectivity index (χ0) is 22.4. The minimum absolute atomic E-state index is 0.188. The van der Waals surface area contributed by atoms with Crippen LogP contribution in [0.25, 0.3) is 6.08 Å². The number of thioether (sulfide) groups is 1. The minimum Gasteiger partial charge on any atom is -0.490 e. The van der Waals surface area contributed by atoms with Crippen LogP contribution in [0.15, 0.2) is 51.8 Å². The van der Waals surface area contributed by atoms with Gasteiger partial charge >= 0.3 is 5.97 Å². The normalized spacial score (nSPS) is 14.8. The highest BCUT2D eigenvalue weighted by Gasteiger charge is 2.35. The molecule has 0 unspecified atom stereocenters. The average molecular weight is 506 g/mol. The first-order chi connectivity index (χ1) is 14.9. The molecular weight excluding hydrogens is 486 g/mol. The summed E-state index contributed by atoms with van der Waals surface area (Å²) < 4.78 is 16.4. The van der Waals surface area contributed by atoms with Crippen molar-refractivity contribution in [2.45, 2.75) is 13.5 Å². The molecule has 0 atom stereocenters. The van der Waals surface area contributed by atoms with Crippen molar-refractivity contribution in [3.05, 3.63) is 63.0 Å². The summed E-state index contributed by atoms with van der Waals surface area (Å²) in [6.07, 6.45) is 1.64. The minimum atomic E-state index is -0.509. The summed E-state index contributed by atoms with van der Waals surface area (Å²) in [5, 5.41) is -0.324. The molecule has 1 saturated heterocycles. The zero-order valence-corrected chi connectivity index (χ0v) is 19.3. The number of nitrogens with zero attached hydrogens (tertiary/aromatic N) is 1. The third-order valence-corrected chi connectivity index (χ3v) is 5.98. The third-order valence-electron chi connectivity index (χ3n) is 4.30. The highest BCUT2D eigenvalue weighted by Crippen LogP contribution is 2.36. The van der Waals surface area contributed by atoms with E-state index in [9.17, 15) is 14.4 Å². The smallest absolute Gasteiger partial charge is 0.343 e. The van der Waals surface area contributed by atoms with Gasteiger partial charge in [0.15, 0.2) is 18.1 Å². The van der Waals surface area contributed by atoms with Gasteiger partial charge in [0.2, 0.25) is 0 Å². The van der Waals surface area contributed by atoms with Crippen molar-refractivity contribution < 1.29 is 28.6 Å². The molecule has 1 heterocycles. The standard InChI is InChI=1S/C22H20BrNO6S/c1-3-29-18-10-14(8-9-17(18)30-13-20(25)28-2)11-19-21(26)24(22(27)31-19)12-15-6-4-5-7-16(15)23/h4-11H,3,12-13H2,1-2H3/b19-11+. The number of hydrogen-bond donors (Lipinski definition) is 0. The Morgan fingerprint density at radius 2 is 1.90 bits per heavy atom. The SMILES string of the molecule is CCOc1cc(/C=C2/SC(=O)N(Cc3ccccc3Br)C2=O)ccc1OCC(=O)OC. The van der Waals surface area contributed by atoms with Gasteiger partial charge in [-0.3, -0.25) is 14.5 Å². The van der Waals surface area contributed by atoms with Gasteiger partial charge < -0.3 is 14.2 Å². The number of carbonyl (C=O) groups excluding carboxylic acids is 3. The molecule has 31 heavy (non-hydrogen) atoms. The second kappa shape index (κ2) is 10.5. The van der Waals surface area contributed by atoms with Crippen LogP contribution in [-0.4, -0.2) is 42.3 Å². The lowest BCUT2D eigenvalue weighted by Gasteiger charge is -2.13.